The van der Waals surface area contributed by atoms with Gasteiger partial charge in [0.25, 0.3) is 0 Å². The summed E-state index contributed by atoms with van der Waals surface area (Å²) >= 11 is 0. The monoisotopic (exact) mass is 263 g/mol. The Morgan fingerprint density at radius 3 is 3.11 bits per heavy atom. The number of hydrogen-bond acceptors (Lipinski definition) is 4. The van der Waals surface area contributed by atoms with E-state index in [0.29, 0.717) is 6.61 Å². The summed E-state index contributed by atoms with van der Waals surface area (Å²) in [4.78, 5) is 11.7. The van der Waals surface area contributed by atoms with E-state index in [-0.39, 0.29) is 23.8 Å². The van der Waals surface area contributed by atoms with Crippen LogP contribution >= 0.6 is 0 Å². The summed E-state index contributed by atoms with van der Waals surface area (Å²) in [6, 6.07) is 5.25. The summed E-state index contributed by atoms with van der Waals surface area (Å²) in [5.74, 6) is 0.0472. The number of aryl methyl sites for hydroxylation is 1. The Balaban J connectivity index is 2.11. The highest BCUT2D eigenvalue weighted by Gasteiger charge is 2.24. The lowest BCUT2D eigenvalue weighted by Crippen LogP contribution is -2.39. The molecule has 0 radical (unpaired) electrons. The second-order valence-corrected chi connectivity index (χ2v) is 4.97. The normalized spacial score (nSPS) is 19.6. The van der Waals surface area contributed by atoms with Gasteiger partial charge in [-0.05, 0) is 56.4 Å². The fourth-order valence-electron chi connectivity index (χ4n) is 2.60. The number of rotatable bonds is 4. The number of aromatic hydroxyl groups is 1. The maximum atomic E-state index is 11.7. The zero-order chi connectivity index (χ0) is 13.8. The first-order valence-corrected chi connectivity index (χ1v) is 6.86. The van der Waals surface area contributed by atoms with E-state index < -0.39 is 0 Å². The molecule has 0 aromatic heterocycles. The second kappa shape index (κ2) is 6.06. The van der Waals surface area contributed by atoms with Gasteiger partial charge in [0.2, 0.25) is 0 Å². The van der Waals surface area contributed by atoms with Crippen LogP contribution in [0.3, 0.4) is 0 Å². The molecule has 0 spiro atoms. The Morgan fingerprint density at radius 1 is 1.58 bits per heavy atom. The van der Waals surface area contributed by atoms with E-state index in [2.05, 4.69) is 5.32 Å². The highest BCUT2D eigenvalue weighted by Crippen LogP contribution is 2.32. The van der Waals surface area contributed by atoms with Crippen LogP contribution < -0.4 is 5.32 Å². The molecule has 1 aromatic carbocycles. The van der Waals surface area contributed by atoms with Crippen LogP contribution in [0.2, 0.25) is 0 Å². The Hall–Kier alpha value is -1.55. The molecule has 2 atom stereocenters. The minimum atomic E-state index is -0.335. The highest BCUT2D eigenvalue weighted by molar-refractivity contribution is 5.75. The van der Waals surface area contributed by atoms with Gasteiger partial charge in [0.15, 0.2) is 0 Å². The molecular formula is C15H21NO3. The molecule has 0 aliphatic heterocycles. The Bertz CT molecular complexity index is 459. The fraction of sp³-hybridized carbons (Fsp3) is 0.533. The van der Waals surface area contributed by atoms with E-state index in [1.165, 1.54) is 5.56 Å². The number of esters is 1. The third-order valence-corrected chi connectivity index (χ3v) is 3.54. The molecule has 0 amide bonds. The summed E-state index contributed by atoms with van der Waals surface area (Å²) in [7, 11) is 0. The van der Waals surface area contributed by atoms with Crippen LogP contribution in [0.4, 0.5) is 0 Å². The predicted molar refractivity (Wildman–Crippen MR) is 73.0 cm³/mol. The number of ether oxygens (including phenoxy) is 1. The number of fused-ring (bicyclic) bond motifs is 1. The maximum Gasteiger partial charge on any atom is 0.322 e. The van der Waals surface area contributed by atoms with Gasteiger partial charge in [0, 0.05) is 6.04 Å². The molecule has 2 N–H and O–H groups in total. The van der Waals surface area contributed by atoms with E-state index in [1.54, 1.807) is 19.1 Å². The van der Waals surface area contributed by atoms with Crippen molar-refractivity contribution in [3.63, 3.8) is 0 Å². The summed E-state index contributed by atoms with van der Waals surface area (Å²) in [6.07, 6.45) is 3.09. The predicted octanol–water partition coefficient (Wildman–Crippen LogP) is 2.31. The van der Waals surface area contributed by atoms with E-state index in [0.717, 1.165) is 24.8 Å². The molecule has 0 heterocycles. The van der Waals surface area contributed by atoms with Crippen LogP contribution in [0.1, 0.15) is 43.9 Å². The number of hydrogen-bond donors (Lipinski definition) is 2. The number of phenolic OH excluding ortho intramolecular Hbond substituents is 1. The number of nitrogens with one attached hydrogen (secondary N) is 1. The van der Waals surface area contributed by atoms with Gasteiger partial charge in [-0.25, -0.2) is 0 Å². The molecule has 104 valence electrons. The molecule has 0 bridgehead atoms. The van der Waals surface area contributed by atoms with Crippen LogP contribution in [0.5, 0.6) is 5.75 Å². The van der Waals surface area contributed by atoms with Gasteiger partial charge < -0.3 is 9.84 Å². The van der Waals surface area contributed by atoms with Crippen LogP contribution in [-0.4, -0.2) is 23.7 Å². The lowest BCUT2D eigenvalue weighted by Gasteiger charge is -2.28. The zero-order valence-corrected chi connectivity index (χ0v) is 11.5. The smallest absolute Gasteiger partial charge is 0.322 e. The van der Waals surface area contributed by atoms with E-state index in [9.17, 15) is 9.90 Å². The minimum absolute atomic E-state index is 0.107. The van der Waals surface area contributed by atoms with Crippen molar-refractivity contribution in [1.29, 1.82) is 0 Å². The highest BCUT2D eigenvalue weighted by atomic mass is 16.5. The standard InChI is InChI=1S/C15H21NO3/c1-3-19-15(18)10(2)16-14-6-4-5-11-7-8-12(17)9-13(11)14/h7-10,14,16-17H,3-6H2,1-2H3. The second-order valence-electron chi connectivity index (χ2n) is 4.97. The Kier molecular flexibility index (Phi) is 4.43. The molecule has 2 unspecified atom stereocenters. The van der Waals surface area contributed by atoms with Crippen LogP contribution in [0, 0.1) is 0 Å². The van der Waals surface area contributed by atoms with Crippen LogP contribution in [-0.2, 0) is 16.0 Å². The first-order chi connectivity index (χ1) is 9.11. The van der Waals surface area contributed by atoms with Crippen molar-refractivity contribution in [3.8, 4) is 5.75 Å². The van der Waals surface area contributed by atoms with Gasteiger partial charge in [0.05, 0.1) is 6.61 Å². The van der Waals surface area contributed by atoms with Crippen molar-refractivity contribution in [2.45, 2.75) is 45.2 Å². The van der Waals surface area contributed by atoms with E-state index in [4.69, 9.17) is 4.74 Å². The number of phenols is 1. The third kappa shape index (κ3) is 3.26. The minimum Gasteiger partial charge on any atom is -0.508 e. The molecule has 19 heavy (non-hydrogen) atoms. The average molecular weight is 263 g/mol. The first kappa shape index (κ1) is 13.9. The van der Waals surface area contributed by atoms with Gasteiger partial charge >= 0.3 is 5.97 Å². The van der Waals surface area contributed by atoms with Gasteiger partial charge in [-0.2, -0.15) is 0 Å². The van der Waals surface area contributed by atoms with Gasteiger partial charge in [-0.3, -0.25) is 10.1 Å². The maximum absolute atomic E-state index is 11.7. The van der Waals surface area contributed by atoms with Crippen LogP contribution in [0.15, 0.2) is 18.2 Å². The molecule has 2 rings (SSSR count). The van der Waals surface area contributed by atoms with Crippen molar-refractivity contribution < 1.29 is 14.6 Å². The van der Waals surface area contributed by atoms with E-state index in [1.807, 2.05) is 13.0 Å². The van der Waals surface area contributed by atoms with Crippen LogP contribution in [0.25, 0.3) is 0 Å². The van der Waals surface area contributed by atoms with Crippen molar-refractivity contribution in [2.24, 2.45) is 0 Å². The molecule has 0 saturated carbocycles. The SMILES string of the molecule is CCOC(=O)C(C)NC1CCCc2ccc(O)cc21. The number of carbonyl (C=O) groups excluding carboxylic acids is 1. The molecule has 4 nitrogen and oxygen atoms in total. The average Bonchev–Trinajstić information content (AvgIpc) is 2.39. The molecule has 4 heteroatoms. The summed E-state index contributed by atoms with van der Waals surface area (Å²) in [6.45, 7) is 4.01. The molecule has 1 aromatic rings. The first-order valence-electron chi connectivity index (χ1n) is 6.86. The van der Waals surface area contributed by atoms with Crippen molar-refractivity contribution in [3.05, 3.63) is 29.3 Å². The van der Waals surface area contributed by atoms with Gasteiger partial charge in [0.1, 0.15) is 11.8 Å². The quantitative estimate of drug-likeness (QED) is 0.818. The van der Waals surface area contributed by atoms with Gasteiger partial charge in [-0.15, -0.1) is 0 Å². The fourth-order valence-corrected chi connectivity index (χ4v) is 2.60. The molecule has 1 aliphatic rings. The number of carbonyl (C=O) groups is 1. The Labute approximate surface area is 113 Å². The molecule has 1 aliphatic carbocycles. The molecule has 0 saturated heterocycles. The largest absolute Gasteiger partial charge is 0.508 e. The van der Waals surface area contributed by atoms with Gasteiger partial charge in [-0.1, -0.05) is 6.07 Å². The van der Waals surface area contributed by atoms with E-state index >= 15 is 0 Å². The van der Waals surface area contributed by atoms with Crippen molar-refractivity contribution >= 4 is 5.97 Å². The number of benzene rings is 1. The lowest BCUT2D eigenvalue weighted by atomic mass is 9.87. The molecular weight excluding hydrogens is 242 g/mol. The topological polar surface area (TPSA) is 58.6 Å². The third-order valence-electron chi connectivity index (χ3n) is 3.54. The zero-order valence-electron chi connectivity index (χ0n) is 11.5. The van der Waals surface area contributed by atoms with Crippen molar-refractivity contribution in [1.82, 2.24) is 5.32 Å². The lowest BCUT2D eigenvalue weighted by molar-refractivity contribution is -0.145. The summed E-state index contributed by atoms with van der Waals surface area (Å²) in [5, 5.41) is 12.9. The summed E-state index contributed by atoms with van der Waals surface area (Å²) < 4.78 is 5.01. The Morgan fingerprint density at radius 2 is 2.37 bits per heavy atom. The van der Waals surface area contributed by atoms with Crippen molar-refractivity contribution in [2.75, 3.05) is 6.61 Å². The summed E-state index contributed by atoms with van der Waals surface area (Å²) in [5.41, 5.74) is 2.35. The molecule has 0 fully saturated rings.